The molecule has 0 bridgehead atoms. The zero-order valence-electron chi connectivity index (χ0n) is 14.2. The molecule has 3 heteroatoms. The SMILES string of the molecule is CC(C)(C)OC(=O)N1CCCCC[C@H]1CC1CCCCC1. The van der Waals surface area contributed by atoms with Crippen LogP contribution in [0.5, 0.6) is 0 Å². The van der Waals surface area contributed by atoms with Crippen molar-refractivity contribution in [2.24, 2.45) is 5.92 Å². The summed E-state index contributed by atoms with van der Waals surface area (Å²) in [5.41, 5.74) is -0.390. The molecule has 0 unspecified atom stereocenters. The molecule has 2 fully saturated rings. The first-order valence-corrected chi connectivity index (χ1v) is 8.95. The fraction of sp³-hybridized carbons (Fsp3) is 0.944. The van der Waals surface area contributed by atoms with Gasteiger partial charge in [-0.2, -0.15) is 0 Å². The fourth-order valence-electron chi connectivity index (χ4n) is 3.79. The van der Waals surface area contributed by atoms with Crippen LogP contribution in [0.4, 0.5) is 4.79 Å². The number of amides is 1. The van der Waals surface area contributed by atoms with Crippen LogP contribution in [0.15, 0.2) is 0 Å². The lowest BCUT2D eigenvalue weighted by Gasteiger charge is -2.35. The van der Waals surface area contributed by atoms with Gasteiger partial charge < -0.3 is 9.64 Å². The average molecular weight is 295 g/mol. The third kappa shape index (κ3) is 5.52. The van der Waals surface area contributed by atoms with Crippen molar-refractivity contribution in [2.45, 2.75) is 96.6 Å². The van der Waals surface area contributed by atoms with E-state index >= 15 is 0 Å². The zero-order valence-corrected chi connectivity index (χ0v) is 14.2. The molecule has 1 amide bonds. The van der Waals surface area contributed by atoms with Crippen LogP contribution in [-0.2, 0) is 4.74 Å². The van der Waals surface area contributed by atoms with Gasteiger partial charge in [-0.1, -0.05) is 44.9 Å². The summed E-state index contributed by atoms with van der Waals surface area (Å²) < 4.78 is 5.64. The number of likely N-dealkylation sites (tertiary alicyclic amines) is 1. The van der Waals surface area contributed by atoms with Crippen LogP contribution >= 0.6 is 0 Å². The van der Waals surface area contributed by atoms with Crippen molar-refractivity contribution in [3.05, 3.63) is 0 Å². The highest BCUT2D eigenvalue weighted by Crippen LogP contribution is 2.31. The highest BCUT2D eigenvalue weighted by atomic mass is 16.6. The Morgan fingerprint density at radius 2 is 1.62 bits per heavy atom. The van der Waals surface area contributed by atoms with Crippen LogP contribution in [0.2, 0.25) is 0 Å². The summed E-state index contributed by atoms with van der Waals surface area (Å²) in [5.74, 6) is 0.826. The summed E-state index contributed by atoms with van der Waals surface area (Å²) in [7, 11) is 0. The molecule has 2 aliphatic rings. The first-order valence-electron chi connectivity index (χ1n) is 8.95. The molecule has 1 atom stereocenters. The molecule has 1 aliphatic carbocycles. The summed E-state index contributed by atoms with van der Waals surface area (Å²) in [5, 5.41) is 0. The summed E-state index contributed by atoms with van der Waals surface area (Å²) in [6.07, 6.45) is 12.8. The van der Waals surface area contributed by atoms with Crippen molar-refractivity contribution in [1.82, 2.24) is 4.90 Å². The van der Waals surface area contributed by atoms with Gasteiger partial charge in [0.15, 0.2) is 0 Å². The normalized spacial score (nSPS) is 25.5. The summed E-state index contributed by atoms with van der Waals surface area (Å²) in [6.45, 7) is 6.75. The van der Waals surface area contributed by atoms with Crippen LogP contribution in [-0.4, -0.2) is 29.2 Å². The van der Waals surface area contributed by atoms with E-state index in [1.54, 1.807) is 0 Å². The van der Waals surface area contributed by atoms with Crippen molar-refractivity contribution in [2.75, 3.05) is 6.54 Å². The van der Waals surface area contributed by atoms with E-state index in [-0.39, 0.29) is 6.09 Å². The third-order valence-electron chi connectivity index (χ3n) is 4.84. The summed E-state index contributed by atoms with van der Waals surface area (Å²) in [4.78, 5) is 14.6. The monoisotopic (exact) mass is 295 g/mol. The van der Waals surface area contributed by atoms with Crippen LogP contribution in [0, 0.1) is 5.92 Å². The van der Waals surface area contributed by atoms with Gasteiger partial charge in [0.05, 0.1) is 0 Å². The Hall–Kier alpha value is -0.730. The minimum absolute atomic E-state index is 0.0924. The van der Waals surface area contributed by atoms with E-state index in [1.807, 2.05) is 25.7 Å². The molecule has 0 aromatic rings. The van der Waals surface area contributed by atoms with Crippen molar-refractivity contribution >= 4 is 6.09 Å². The molecule has 1 saturated heterocycles. The van der Waals surface area contributed by atoms with Gasteiger partial charge in [-0.3, -0.25) is 0 Å². The Bertz CT molecular complexity index is 329. The Balaban J connectivity index is 1.97. The van der Waals surface area contributed by atoms with Crippen molar-refractivity contribution in [3.8, 4) is 0 Å². The number of carbonyl (C=O) groups is 1. The van der Waals surface area contributed by atoms with Gasteiger partial charge in [-0.15, -0.1) is 0 Å². The van der Waals surface area contributed by atoms with Gasteiger partial charge in [0.25, 0.3) is 0 Å². The second-order valence-electron chi connectivity index (χ2n) is 7.92. The van der Waals surface area contributed by atoms with E-state index in [0.29, 0.717) is 6.04 Å². The smallest absolute Gasteiger partial charge is 0.410 e. The maximum absolute atomic E-state index is 12.5. The molecule has 21 heavy (non-hydrogen) atoms. The van der Waals surface area contributed by atoms with Gasteiger partial charge >= 0.3 is 6.09 Å². The predicted molar refractivity (Wildman–Crippen MR) is 86.4 cm³/mol. The number of hydrogen-bond donors (Lipinski definition) is 0. The van der Waals surface area contributed by atoms with E-state index in [2.05, 4.69) is 0 Å². The van der Waals surface area contributed by atoms with E-state index in [4.69, 9.17) is 4.74 Å². The minimum atomic E-state index is -0.390. The van der Waals surface area contributed by atoms with Crippen LogP contribution < -0.4 is 0 Å². The Morgan fingerprint density at radius 3 is 2.29 bits per heavy atom. The van der Waals surface area contributed by atoms with E-state index in [9.17, 15) is 4.79 Å². The molecule has 2 rings (SSSR count). The van der Waals surface area contributed by atoms with E-state index in [1.165, 1.54) is 51.4 Å². The summed E-state index contributed by atoms with van der Waals surface area (Å²) in [6, 6.07) is 0.408. The molecule has 0 radical (unpaired) electrons. The molecule has 122 valence electrons. The standard InChI is InChI=1S/C18H33NO2/c1-18(2,3)21-17(20)19-13-9-5-8-12-16(19)14-15-10-6-4-7-11-15/h15-16H,4-14H2,1-3H3/t16-/m0/s1. The highest BCUT2D eigenvalue weighted by molar-refractivity contribution is 5.68. The molecule has 0 N–H and O–H groups in total. The lowest BCUT2D eigenvalue weighted by atomic mass is 9.83. The molecule has 1 saturated carbocycles. The average Bonchev–Trinajstić information content (AvgIpc) is 2.63. The lowest BCUT2D eigenvalue weighted by Crippen LogP contribution is -2.44. The van der Waals surface area contributed by atoms with Gasteiger partial charge in [-0.05, 0) is 46.0 Å². The number of ether oxygens (including phenoxy) is 1. The molecule has 1 heterocycles. The van der Waals surface area contributed by atoms with Crippen LogP contribution in [0.1, 0.15) is 85.0 Å². The Kier molecular flexibility index (Phi) is 5.95. The first kappa shape index (κ1) is 16.6. The minimum Gasteiger partial charge on any atom is -0.444 e. The molecule has 0 aromatic heterocycles. The van der Waals surface area contributed by atoms with E-state index < -0.39 is 5.60 Å². The first-order chi connectivity index (χ1) is 9.96. The Morgan fingerprint density at radius 1 is 1.00 bits per heavy atom. The molecular formula is C18H33NO2. The van der Waals surface area contributed by atoms with Gasteiger partial charge in [0.1, 0.15) is 5.60 Å². The Labute approximate surface area is 130 Å². The third-order valence-corrected chi connectivity index (χ3v) is 4.84. The second-order valence-corrected chi connectivity index (χ2v) is 7.92. The molecule has 0 aromatic carbocycles. The van der Waals surface area contributed by atoms with Crippen molar-refractivity contribution in [3.63, 3.8) is 0 Å². The number of hydrogen-bond acceptors (Lipinski definition) is 2. The topological polar surface area (TPSA) is 29.5 Å². The molecule has 0 spiro atoms. The molecular weight excluding hydrogens is 262 g/mol. The highest BCUT2D eigenvalue weighted by Gasteiger charge is 2.31. The summed E-state index contributed by atoms with van der Waals surface area (Å²) >= 11 is 0. The van der Waals surface area contributed by atoms with Crippen LogP contribution in [0.3, 0.4) is 0 Å². The fourth-order valence-corrected chi connectivity index (χ4v) is 3.79. The van der Waals surface area contributed by atoms with Crippen molar-refractivity contribution < 1.29 is 9.53 Å². The van der Waals surface area contributed by atoms with E-state index in [0.717, 1.165) is 25.3 Å². The maximum Gasteiger partial charge on any atom is 0.410 e. The predicted octanol–water partition coefficient (Wildman–Crippen LogP) is 5.14. The van der Waals surface area contributed by atoms with Crippen molar-refractivity contribution in [1.29, 1.82) is 0 Å². The van der Waals surface area contributed by atoms with Gasteiger partial charge in [0.2, 0.25) is 0 Å². The molecule has 1 aliphatic heterocycles. The number of carbonyl (C=O) groups excluding carboxylic acids is 1. The lowest BCUT2D eigenvalue weighted by molar-refractivity contribution is 0.0136. The van der Waals surface area contributed by atoms with Gasteiger partial charge in [0, 0.05) is 12.6 Å². The zero-order chi connectivity index (χ0) is 15.3. The second kappa shape index (κ2) is 7.51. The largest absolute Gasteiger partial charge is 0.444 e. The number of rotatable bonds is 2. The molecule has 3 nitrogen and oxygen atoms in total. The van der Waals surface area contributed by atoms with Crippen LogP contribution in [0.25, 0.3) is 0 Å². The van der Waals surface area contributed by atoms with Gasteiger partial charge in [-0.25, -0.2) is 4.79 Å². The number of nitrogens with zero attached hydrogens (tertiary/aromatic N) is 1. The quantitative estimate of drug-likeness (QED) is 0.706. The maximum atomic E-state index is 12.5.